The molecule has 0 N–H and O–H groups in total. The summed E-state index contributed by atoms with van der Waals surface area (Å²) < 4.78 is 0. The van der Waals surface area contributed by atoms with Gasteiger partial charge >= 0.3 is 0 Å². The van der Waals surface area contributed by atoms with E-state index >= 15 is 0 Å². The van der Waals surface area contributed by atoms with E-state index in [0.29, 0.717) is 10.7 Å². The van der Waals surface area contributed by atoms with Crippen molar-refractivity contribution in [3.63, 3.8) is 0 Å². The van der Waals surface area contributed by atoms with Crippen LogP contribution >= 0.6 is 11.6 Å². The molecule has 2 aromatic rings. The number of anilines is 1. The molecule has 0 saturated carbocycles. The van der Waals surface area contributed by atoms with Crippen LogP contribution in [0, 0.1) is 10.1 Å². The summed E-state index contributed by atoms with van der Waals surface area (Å²) in [7, 11) is 0. The predicted octanol–water partition coefficient (Wildman–Crippen LogP) is 2.98. The highest BCUT2D eigenvalue weighted by molar-refractivity contribution is 6.52. The van der Waals surface area contributed by atoms with Crippen molar-refractivity contribution in [3.05, 3.63) is 68.7 Å². The number of carbonyl (C=O) groups is 2. The van der Waals surface area contributed by atoms with Gasteiger partial charge in [0.1, 0.15) is 0 Å². The number of hydrogen-bond acceptors (Lipinski definition) is 4. The minimum atomic E-state index is -0.729. The number of rotatable bonds is 3. The van der Waals surface area contributed by atoms with Crippen molar-refractivity contribution < 1.29 is 14.5 Å². The molecule has 1 aliphatic heterocycles. The molecule has 0 saturated heterocycles. The lowest BCUT2D eigenvalue weighted by Crippen LogP contribution is -2.29. The van der Waals surface area contributed by atoms with Gasteiger partial charge < -0.3 is 4.90 Å². The van der Waals surface area contributed by atoms with Gasteiger partial charge in [-0.05, 0) is 23.8 Å². The number of hydrogen-bond donors (Lipinski definition) is 0. The summed E-state index contributed by atoms with van der Waals surface area (Å²) in [6.07, 6.45) is 0. The van der Waals surface area contributed by atoms with Crippen molar-refractivity contribution in [2.24, 2.45) is 0 Å². The third-order valence-corrected chi connectivity index (χ3v) is 3.67. The number of benzene rings is 2. The van der Waals surface area contributed by atoms with E-state index in [2.05, 4.69) is 0 Å². The van der Waals surface area contributed by atoms with Crippen LogP contribution in [0.5, 0.6) is 0 Å². The smallest absolute Gasteiger partial charge is 0.299 e. The van der Waals surface area contributed by atoms with Crippen LogP contribution in [0.3, 0.4) is 0 Å². The Bertz CT molecular complexity index is 802. The molecule has 0 aromatic heterocycles. The van der Waals surface area contributed by atoms with Crippen LogP contribution in [0.15, 0.2) is 42.5 Å². The maximum absolute atomic E-state index is 12.1. The Balaban J connectivity index is 1.98. The first-order valence-corrected chi connectivity index (χ1v) is 6.74. The molecular weight excluding hydrogens is 308 g/mol. The van der Waals surface area contributed by atoms with E-state index in [1.54, 1.807) is 24.3 Å². The lowest BCUT2D eigenvalue weighted by molar-refractivity contribution is -0.384. The zero-order valence-corrected chi connectivity index (χ0v) is 11.9. The Hall–Kier alpha value is -2.73. The van der Waals surface area contributed by atoms with E-state index < -0.39 is 16.6 Å². The highest BCUT2D eigenvalue weighted by Gasteiger charge is 2.36. The van der Waals surface area contributed by atoms with Crippen molar-refractivity contribution in [2.45, 2.75) is 6.54 Å². The molecule has 22 heavy (non-hydrogen) atoms. The minimum Gasteiger partial charge on any atom is -0.300 e. The number of nitro benzene ring substituents is 1. The summed E-state index contributed by atoms with van der Waals surface area (Å²) in [5, 5.41) is 11.3. The molecule has 0 atom stereocenters. The van der Waals surface area contributed by atoms with Crippen molar-refractivity contribution >= 4 is 34.7 Å². The van der Waals surface area contributed by atoms with Gasteiger partial charge in [0.2, 0.25) is 0 Å². The van der Waals surface area contributed by atoms with E-state index in [-0.39, 0.29) is 17.8 Å². The van der Waals surface area contributed by atoms with Gasteiger partial charge in [0.05, 0.1) is 22.7 Å². The topological polar surface area (TPSA) is 80.5 Å². The molecule has 6 nitrogen and oxygen atoms in total. The number of non-ortho nitro benzene ring substituents is 1. The van der Waals surface area contributed by atoms with Gasteiger partial charge in [-0.15, -0.1) is 0 Å². The van der Waals surface area contributed by atoms with Crippen LogP contribution in [-0.2, 0) is 11.3 Å². The fraction of sp³-hybridized carbons (Fsp3) is 0.0667. The Kier molecular flexibility index (Phi) is 3.38. The molecule has 0 fully saturated rings. The van der Waals surface area contributed by atoms with Crippen LogP contribution in [0.25, 0.3) is 0 Å². The molecule has 0 aliphatic carbocycles. The Morgan fingerprint density at radius 3 is 2.41 bits per heavy atom. The molecule has 3 rings (SSSR count). The fourth-order valence-corrected chi connectivity index (χ4v) is 2.46. The zero-order valence-electron chi connectivity index (χ0n) is 11.2. The summed E-state index contributed by atoms with van der Waals surface area (Å²) >= 11 is 5.81. The second kappa shape index (κ2) is 5.23. The number of carbonyl (C=O) groups excluding carboxylic acids is 2. The summed E-state index contributed by atoms with van der Waals surface area (Å²) in [5.74, 6) is -1.42. The summed E-state index contributed by atoms with van der Waals surface area (Å²) in [6, 6.07) is 10.7. The molecule has 0 bridgehead atoms. The van der Waals surface area contributed by atoms with E-state index in [0.717, 1.165) is 11.6 Å². The highest BCUT2D eigenvalue weighted by atomic mass is 35.5. The molecular formula is C15H9ClN2O4. The molecule has 0 spiro atoms. The van der Waals surface area contributed by atoms with Crippen LogP contribution in [0.1, 0.15) is 15.9 Å². The second-order valence-corrected chi connectivity index (χ2v) is 5.24. The van der Waals surface area contributed by atoms with Gasteiger partial charge in [0.15, 0.2) is 0 Å². The maximum Gasteiger partial charge on any atom is 0.299 e. The predicted molar refractivity (Wildman–Crippen MR) is 80.1 cm³/mol. The SMILES string of the molecule is O=C1C(=O)N(Cc2ccc(Cl)cc2)c2ccc([N+](=O)[O-])cc21. The third kappa shape index (κ3) is 2.33. The number of Topliss-reactive ketones (excluding diaryl/α,β-unsaturated/α-hetero) is 1. The minimum absolute atomic E-state index is 0.0631. The average Bonchev–Trinajstić information content (AvgIpc) is 2.74. The monoisotopic (exact) mass is 316 g/mol. The van der Waals surface area contributed by atoms with Gasteiger partial charge in [-0.2, -0.15) is 0 Å². The van der Waals surface area contributed by atoms with Crippen molar-refractivity contribution in [3.8, 4) is 0 Å². The molecule has 2 aromatic carbocycles. The fourth-order valence-electron chi connectivity index (χ4n) is 2.33. The summed E-state index contributed by atoms with van der Waals surface area (Å²) in [5.41, 5.74) is 1.04. The average molecular weight is 317 g/mol. The molecule has 110 valence electrons. The highest BCUT2D eigenvalue weighted by Crippen LogP contribution is 2.33. The second-order valence-electron chi connectivity index (χ2n) is 4.81. The van der Waals surface area contributed by atoms with Crippen LogP contribution in [0.4, 0.5) is 11.4 Å². The number of nitro groups is 1. The largest absolute Gasteiger partial charge is 0.300 e. The van der Waals surface area contributed by atoms with E-state index in [1.165, 1.54) is 17.0 Å². The molecule has 1 heterocycles. The third-order valence-electron chi connectivity index (χ3n) is 3.42. The van der Waals surface area contributed by atoms with Gasteiger partial charge in [-0.25, -0.2) is 0 Å². The number of halogens is 1. The number of fused-ring (bicyclic) bond motifs is 1. The molecule has 0 unspecified atom stereocenters. The number of ketones is 1. The molecule has 1 aliphatic rings. The summed E-state index contributed by atoms with van der Waals surface area (Å²) in [6.45, 7) is 0.201. The summed E-state index contributed by atoms with van der Waals surface area (Å²) in [4.78, 5) is 35.6. The first kappa shape index (κ1) is 14.2. The van der Waals surface area contributed by atoms with Crippen molar-refractivity contribution in [2.75, 3.05) is 4.90 Å². The Labute approximate surface area is 130 Å². The lowest BCUT2D eigenvalue weighted by Gasteiger charge is -2.16. The maximum atomic E-state index is 12.1. The molecule has 1 amide bonds. The van der Waals surface area contributed by atoms with Crippen molar-refractivity contribution in [1.29, 1.82) is 0 Å². The van der Waals surface area contributed by atoms with Gasteiger partial charge in [-0.1, -0.05) is 23.7 Å². The standard InChI is InChI=1S/C15H9ClN2O4/c16-10-3-1-9(2-4-10)8-17-13-6-5-11(18(21)22)7-12(13)14(19)15(17)20/h1-7H,8H2. The van der Waals surface area contributed by atoms with Crippen molar-refractivity contribution in [1.82, 2.24) is 0 Å². The lowest BCUT2D eigenvalue weighted by atomic mass is 10.1. The van der Waals surface area contributed by atoms with E-state index in [9.17, 15) is 19.7 Å². The van der Waals surface area contributed by atoms with Gasteiger partial charge in [0.25, 0.3) is 17.4 Å². The number of nitrogens with zero attached hydrogens (tertiary/aromatic N) is 2. The first-order chi connectivity index (χ1) is 10.5. The molecule has 7 heteroatoms. The first-order valence-electron chi connectivity index (χ1n) is 6.36. The van der Waals surface area contributed by atoms with E-state index in [4.69, 9.17) is 11.6 Å². The number of amides is 1. The van der Waals surface area contributed by atoms with Crippen LogP contribution < -0.4 is 4.90 Å². The van der Waals surface area contributed by atoms with Gasteiger partial charge in [0, 0.05) is 17.2 Å². The Morgan fingerprint density at radius 1 is 1.09 bits per heavy atom. The van der Waals surface area contributed by atoms with Crippen LogP contribution in [-0.4, -0.2) is 16.6 Å². The van der Waals surface area contributed by atoms with E-state index in [1.807, 2.05) is 0 Å². The quantitative estimate of drug-likeness (QED) is 0.495. The van der Waals surface area contributed by atoms with Crippen LogP contribution in [0.2, 0.25) is 5.02 Å². The normalized spacial score (nSPS) is 13.4. The Morgan fingerprint density at radius 2 is 1.77 bits per heavy atom. The zero-order chi connectivity index (χ0) is 15.9. The van der Waals surface area contributed by atoms with Gasteiger partial charge in [-0.3, -0.25) is 19.7 Å². The molecule has 0 radical (unpaired) electrons.